The van der Waals surface area contributed by atoms with Crippen molar-refractivity contribution >= 4 is 50.7 Å². The molecule has 5 nitrogen and oxygen atoms in total. The van der Waals surface area contributed by atoms with Gasteiger partial charge in [-0.1, -0.05) is 11.6 Å². The normalized spacial score (nSPS) is 14.5. The number of carbonyl (C=O) groups excluding carboxylic acids is 1. The average Bonchev–Trinajstić information content (AvgIpc) is 2.69. The molecule has 0 saturated heterocycles. The molecule has 8 heteroatoms. The molecular formula is C16H15ClN2O3S2. The molecular weight excluding hydrogens is 368 g/mol. The van der Waals surface area contributed by atoms with Crippen LogP contribution in [0.25, 0.3) is 0 Å². The quantitative estimate of drug-likeness (QED) is 0.844. The lowest BCUT2D eigenvalue weighted by atomic mass is 10.2. The standard InChI is InChI=1S/C16H15ClN2O3S2/c1-10-8-11(17)2-4-13(10)19-24(21,22)12-3-5-15-14(9-12)18-16(20)6-7-23-15/h2-5,8-9,19H,6-7H2,1H3,(H,18,20). The van der Waals surface area contributed by atoms with E-state index in [-0.39, 0.29) is 10.8 Å². The van der Waals surface area contributed by atoms with E-state index in [2.05, 4.69) is 10.0 Å². The minimum absolute atomic E-state index is 0.0957. The van der Waals surface area contributed by atoms with Gasteiger partial charge in [0, 0.05) is 22.1 Å². The lowest BCUT2D eigenvalue weighted by Gasteiger charge is -2.13. The molecule has 126 valence electrons. The number of thioether (sulfide) groups is 1. The Balaban J connectivity index is 1.94. The number of hydrogen-bond donors (Lipinski definition) is 2. The molecule has 2 N–H and O–H groups in total. The average molecular weight is 383 g/mol. The summed E-state index contributed by atoms with van der Waals surface area (Å²) in [4.78, 5) is 12.6. The molecule has 2 aromatic rings. The van der Waals surface area contributed by atoms with Gasteiger partial charge in [-0.25, -0.2) is 8.42 Å². The van der Waals surface area contributed by atoms with E-state index in [0.29, 0.717) is 28.6 Å². The summed E-state index contributed by atoms with van der Waals surface area (Å²) in [6, 6.07) is 9.68. The summed E-state index contributed by atoms with van der Waals surface area (Å²) in [5.74, 6) is 0.560. The maximum Gasteiger partial charge on any atom is 0.261 e. The molecule has 0 unspecified atom stereocenters. The molecule has 0 aromatic heterocycles. The van der Waals surface area contributed by atoms with E-state index >= 15 is 0 Å². The Morgan fingerprint density at radius 3 is 2.75 bits per heavy atom. The highest BCUT2D eigenvalue weighted by atomic mass is 35.5. The summed E-state index contributed by atoms with van der Waals surface area (Å²) in [5, 5.41) is 3.29. The van der Waals surface area contributed by atoms with E-state index in [1.54, 1.807) is 31.2 Å². The van der Waals surface area contributed by atoms with Crippen molar-refractivity contribution in [1.82, 2.24) is 0 Å². The fraction of sp³-hybridized carbons (Fsp3) is 0.188. The highest BCUT2D eigenvalue weighted by molar-refractivity contribution is 7.99. The molecule has 1 heterocycles. The van der Waals surface area contributed by atoms with E-state index in [0.717, 1.165) is 10.5 Å². The minimum atomic E-state index is -3.77. The number of carbonyl (C=O) groups is 1. The number of aryl methyl sites for hydroxylation is 1. The zero-order chi connectivity index (χ0) is 17.3. The first-order chi connectivity index (χ1) is 11.3. The SMILES string of the molecule is Cc1cc(Cl)ccc1NS(=O)(=O)c1ccc2c(c1)NC(=O)CCS2. The van der Waals surface area contributed by atoms with Crippen LogP contribution in [0.5, 0.6) is 0 Å². The summed E-state index contributed by atoms with van der Waals surface area (Å²) in [7, 11) is -3.77. The van der Waals surface area contributed by atoms with Crippen LogP contribution in [0.3, 0.4) is 0 Å². The number of amides is 1. The second kappa shape index (κ2) is 6.66. The van der Waals surface area contributed by atoms with Gasteiger partial charge in [0.1, 0.15) is 0 Å². The molecule has 3 rings (SSSR count). The third-order valence-corrected chi connectivity index (χ3v) is 6.23. The first-order valence-electron chi connectivity index (χ1n) is 7.21. The predicted molar refractivity (Wildman–Crippen MR) is 97.4 cm³/mol. The second-order valence-corrected chi connectivity index (χ2v) is 8.62. The van der Waals surface area contributed by atoms with Gasteiger partial charge >= 0.3 is 0 Å². The molecule has 0 fully saturated rings. The Kier molecular flexibility index (Phi) is 4.76. The molecule has 24 heavy (non-hydrogen) atoms. The van der Waals surface area contributed by atoms with Gasteiger partial charge in [-0.05, 0) is 48.9 Å². The number of benzene rings is 2. The first kappa shape index (κ1) is 17.1. The second-order valence-electron chi connectivity index (χ2n) is 5.37. The molecule has 0 atom stereocenters. The van der Waals surface area contributed by atoms with Crippen LogP contribution in [-0.4, -0.2) is 20.1 Å². The minimum Gasteiger partial charge on any atom is -0.325 e. The molecule has 2 aromatic carbocycles. The van der Waals surface area contributed by atoms with Gasteiger partial charge in [0.15, 0.2) is 0 Å². The van der Waals surface area contributed by atoms with E-state index < -0.39 is 10.0 Å². The molecule has 1 aliphatic rings. The van der Waals surface area contributed by atoms with Gasteiger partial charge < -0.3 is 5.32 Å². The number of sulfonamides is 1. The van der Waals surface area contributed by atoms with Crippen LogP contribution in [-0.2, 0) is 14.8 Å². The number of fused-ring (bicyclic) bond motifs is 1. The third-order valence-electron chi connectivity index (χ3n) is 3.55. The summed E-state index contributed by atoms with van der Waals surface area (Å²) in [5.41, 5.74) is 1.72. The number of anilines is 2. The summed E-state index contributed by atoms with van der Waals surface area (Å²) in [6.07, 6.45) is 0.406. The van der Waals surface area contributed by atoms with Gasteiger partial charge in [-0.3, -0.25) is 9.52 Å². The smallest absolute Gasteiger partial charge is 0.261 e. The first-order valence-corrected chi connectivity index (χ1v) is 10.1. The zero-order valence-electron chi connectivity index (χ0n) is 12.8. The van der Waals surface area contributed by atoms with Gasteiger partial charge in [0.25, 0.3) is 10.0 Å². The molecule has 0 saturated carbocycles. The Morgan fingerprint density at radius 2 is 2.00 bits per heavy atom. The van der Waals surface area contributed by atoms with Gasteiger partial charge in [-0.15, -0.1) is 11.8 Å². The Labute approximate surface area is 149 Å². The summed E-state index contributed by atoms with van der Waals surface area (Å²) < 4.78 is 27.8. The van der Waals surface area contributed by atoms with Crippen molar-refractivity contribution in [2.24, 2.45) is 0 Å². The van der Waals surface area contributed by atoms with Crippen molar-refractivity contribution in [2.45, 2.75) is 23.1 Å². The lowest BCUT2D eigenvalue weighted by molar-refractivity contribution is -0.115. The van der Waals surface area contributed by atoms with E-state index in [9.17, 15) is 13.2 Å². The molecule has 0 bridgehead atoms. The Hall–Kier alpha value is -1.70. The highest BCUT2D eigenvalue weighted by Crippen LogP contribution is 2.33. The maximum absolute atomic E-state index is 12.6. The molecule has 1 amide bonds. The van der Waals surface area contributed by atoms with Crippen LogP contribution in [0.4, 0.5) is 11.4 Å². The monoisotopic (exact) mass is 382 g/mol. The summed E-state index contributed by atoms with van der Waals surface area (Å²) >= 11 is 7.42. The lowest BCUT2D eigenvalue weighted by Crippen LogP contribution is -2.15. The Morgan fingerprint density at radius 1 is 1.21 bits per heavy atom. The van der Waals surface area contributed by atoms with Crippen LogP contribution in [0.15, 0.2) is 46.2 Å². The van der Waals surface area contributed by atoms with Gasteiger partial charge in [-0.2, -0.15) is 0 Å². The highest BCUT2D eigenvalue weighted by Gasteiger charge is 2.20. The number of nitrogens with one attached hydrogen (secondary N) is 2. The van der Waals surface area contributed by atoms with Gasteiger partial charge in [0.2, 0.25) is 5.91 Å². The van der Waals surface area contributed by atoms with Crippen molar-refractivity contribution < 1.29 is 13.2 Å². The molecule has 0 spiro atoms. The van der Waals surface area contributed by atoms with Crippen LogP contribution in [0, 0.1) is 6.92 Å². The molecule has 1 aliphatic heterocycles. The van der Waals surface area contributed by atoms with Crippen molar-refractivity contribution in [3.05, 3.63) is 47.0 Å². The number of hydrogen-bond acceptors (Lipinski definition) is 4. The van der Waals surface area contributed by atoms with Crippen molar-refractivity contribution in [3.63, 3.8) is 0 Å². The van der Waals surface area contributed by atoms with Crippen LogP contribution in [0.2, 0.25) is 5.02 Å². The number of halogens is 1. The summed E-state index contributed by atoms with van der Waals surface area (Å²) in [6.45, 7) is 1.78. The maximum atomic E-state index is 12.6. The fourth-order valence-corrected chi connectivity index (χ4v) is 4.63. The van der Waals surface area contributed by atoms with Gasteiger partial charge in [0.05, 0.1) is 16.3 Å². The fourth-order valence-electron chi connectivity index (χ4n) is 2.31. The predicted octanol–water partition coefficient (Wildman–Crippen LogP) is 3.88. The Bertz CT molecular complexity index is 914. The van der Waals surface area contributed by atoms with E-state index in [1.165, 1.54) is 23.9 Å². The number of rotatable bonds is 3. The van der Waals surface area contributed by atoms with Crippen LogP contribution >= 0.6 is 23.4 Å². The van der Waals surface area contributed by atoms with E-state index in [1.807, 2.05) is 0 Å². The van der Waals surface area contributed by atoms with Crippen molar-refractivity contribution in [3.8, 4) is 0 Å². The van der Waals surface area contributed by atoms with Crippen molar-refractivity contribution in [1.29, 1.82) is 0 Å². The molecule has 0 aliphatic carbocycles. The zero-order valence-corrected chi connectivity index (χ0v) is 15.2. The topological polar surface area (TPSA) is 75.3 Å². The van der Waals surface area contributed by atoms with Crippen molar-refractivity contribution in [2.75, 3.05) is 15.8 Å². The van der Waals surface area contributed by atoms with E-state index in [4.69, 9.17) is 11.6 Å². The molecule has 0 radical (unpaired) electrons. The largest absolute Gasteiger partial charge is 0.325 e. The van der Waals surface area contributed by atoms with Crippen LogP contribution < -0.4 is 10.0 Å². The third kappa shape index (κ3) is 3.68. The van der Waals surface area contributed by atoms with Crippen LogP contribution in [0.1, 0.15) is 12.0 Å².